The number of rotatable bonds is 6. The Kier molecular flexibility index (Phi) is 4.41. The Labute approximate surface area is 112 Å². The first-order valence-electron chi connectivity index (χ1n) is 6.20. The molecule has 0 unspecified atom stereocenters. The minimum atomic E-state index is -0.0110. The van der Waals surface area contributed by atoms with Gasteiger partial charge in [-0.1, -0.05) is 6.07 Å². The molecule has 0 saturated heterocycles. The van der Waals surface area contributed by atoms with E-state index in [1.165, 1.54) is 0 Å². The average molecular weight is 262 g/mol. The largest absolute Gasteiger partial charge is 0.490 e. The standard InChI is InChI=1S/C14H18N2O3/c1-3-18-14-6-11(9-17)4-5-13(14)19-10-12-7-15-16(2)8-12/h4-8,17H,3,9-10H2,1-2H3. The average Bonchev–Trinajstić information content (AvgIpc) is 2.83. The Bertz CT molecular complexity index is 537. The summed E-state index contributed by atoms with van der Waals surface area (Å²) < 4.78 is 13.0. The lowest BCUT2D eigenvalue weighted by Crippen LogP contribution is -2.00. The Balaban J connectivity index is 2.10. The van der Waals surface area contributed by atoms with Crippen LogP contribution in [0.3, 0.4) is 0 Å². The summed E-state index contributed by atoms with van der Waals surface area (Å²) in [5.41, 5.74) is 1.80. The van der Waals surface area contributed by atoms with E-state index in [1.807, 2.05) is 32.3 Å². The molecule has 0 radical (unpaired) electrons. The van der Waals surface area contributed by atoms with Crippen LogP contribution in [0.4, 0.5) is 0 Å². The van der Waals surface area contributed by atoms with Crippen LogP contribution in [0.15, 0.2) is 30.6 Å². The third-order valence-corrected chi connectivity index (χ3v) is 2.64. The minimum absolute atomic E-state index is 0.0110. The predicted octanol–water partition coefficient (Wildman–Crippen LogP) is 1.89. The zero-order valence-electron chi connectivity index (χ0n) is 11.2. The molecule has 1 N–H and O–H groups in total. The molecule has 0 fully saturated rings. The first-order valence-corrected chi connectivity index (χ1v) is 6.20. The van der Waals surface area contributed by atoms with Gasteiger partial charge in [0.05, 0.1) is 19.4 Å². The molecule has 0 atom stereocenters. The van der Waals surface area contributed by atoms with Crippen molar-refractivity contribution in [3.8, 4) is 11.5 Å². The molecule has 1 aromatic heterocycles. The van der Waals surface area contributed by atoms with Crippen LogP contribution in [0.5, 0.6) is 11.5 Å². The molecule has 2 rings (SSSR count). The molecule has 0 aliphatic heterocycles. The van der Waals surface area contributed by atoms with Gasteiger partial charge in [-0.25, -0.2) is 0 Å². The van der Waals surface area contributed by atoms with Gasteiger partial charge in [0.1, 0.15) is 6.61 Å². The number of benzene rings is 1. The number of hydrogen-bond acceptors (Lipinski definition) is 4. The molecule has 19 heavy (non-hydrogen) atoms. The Morgan fingerprint density at radius 2 is 2.05 bits per heavy atom. The summed E-state index contributed by atoms with van der Waals surface area (Å²) in [6, 6.07) is 5.43. The van der Waals surface area contributed by atoms with Crippen molar-refractivity contribution < 1.29 is 14.6 Å². The highest BCUT2D eigenvalue weighted by molar-refractivity contribution is 5.43. The number of aromatic nitrogens is 2. The fraction of sp³-hybridized carbons (Fsp3) is 0.357. The van der Waals surface area contributed by atoms with Crippen LogP contribution >= 0.6 is 0 Å². The molecule has 0 aliphatic carbocycles. The van der Waals surface area contributed by atoms with Crippen LogP contribution in [0.2, 0.25) is 0 Å². The zero-order valence-corrected chi connectivity index (χ0v) is 11.2. The molecule has 1 aromatic carbocycles. The second-order valence-corrected chi connectivity index (χ2v) is 4.18. The van der Waals surface area contributed by atoms with Gasteiger partial charge >= 0.3 is 0 Å². The third-order valence-electron chi connectivity index (χ3n) is 2.64. The number of nitrogens with zero attached hydrogens (tertiary/aromatic N) is 2. The number of ether oxygens (including phenoxy) is 2. The molecule has 5 heteroatoms. The van der Waals surface area contributed by atoms with E-state index >= 15 is 0 Å². The lowest BCUT2D eigenvalue weighted by atomic mass is 10.2. The van der Waals surface area contributed by atoms with Gasteiger partial charge in [0.25, 0.3) is 0 Å². The number of hydrogen-bond donors (Lipinski definition) is 1. The fourth-order valence-electron chi connectivity index (χ4n) is 1.75. The topological polar surface area (TPSA) is 56.5 Å². The van der Waals surface area contributed by atoms with Crippen LogP contribution in [0.1, 0.15) is 18.1 Å². The highest BCUT2D eigenvalue weighted by atomic mass is 16.5. The molecule has 0 saturated carbocycles. The maximum absolute atomic E-state index is 9.12. The summed E-state index contributed by atoms with van der Waals surface area (Å²) in [5, 5.41) is 13.2. The monoisotopic (exact) mass is 262 g/mol. The SMILES string of the molecule is CCOc1cc(CO)ccc1OCc1cnn(C)c1. The molecular weight excluding hydrogens is 244 g/mol. The van der Waals surface area contributed by atoms with Crippen molar-refractivity contribution in [2.75, 3.05) is 6.61 Å². The maximum Gasteiger partial charge on any atom is 0.161 e. The Hall–Kier alpha value is -2.01. The van der Waals surface area contributed by atoms with Gasteiger partial charge in [0.15, 0.2) is 11.5 Å². The first-order chi connectivity index (χ1) is 9.22. The van der Waals surface area contributed by atoms with E-state index in [0.717, 1.165) is 11.1 Å². The van der Waals surface area contributed by atoms with E-state index in [0.29, 0.717) is 24.7 Å². The zero-order chi connectivity index (χ0) is 13.7. The van der Waals surface area contributed by atoms with Crippen molar-refractivity contribution >= 4 is 0 Å². The molecular formula is C14H18N2O3. The molecule has 102 valence electrons. The number of aryl methyl sites for hydroxylation is 1. The van der Waals surface area contributed by atoms with Gasteiger partial charge in [0, 0.05) is 18.8 Å². The Morgan fingerprint density at radius 3 is 2.68 bits per heavy atom. The van der Waals surface area contributed by atoms with E-state index in [9.17, 15) is 0 Å². The Morgan fingerprint density at radius 1 is 1.21 bits per heavy atom. The van der Waals surface area contributed by atoms with Gasteiger partial charge in [0.2, 0.25) is 0 Å². The lowest BCUT2D eigenvalue weighted by molar-refractivity contribution is 0.263. The molecule has 0 bridgehead atoms. The molecule has 5 nitrogen and oxygen atoms in total. The second-order valence-electron chi connectivity index (χ2n) is 4.18. The number of aliphatic hydroxyl groups excluding tert-OH is 1. The minimum Gasteiger partial charge on any atom is -0.490 e. The van der Waals surface area contributed by atoms with E-state index in [-0.39, 0.29) is 6.61 Å². The van der Waals surface area contributed by atoms with Crippen molar-refractivity contribution in [2.24, 2.45) is 7.05 Å². The molecule has 0 aliphatic rings. The van der Waals surface area contributed by atoms with Crippen LogP contribution in [0, 0.1) is 0 Å². The summed E-state index contributed by atoms with van der Waals surface area (Å²) in [5.74, 6) is 1.32. The van der Waals surface area contributed by atoms with Crippen molar-refractivity contribution in [3.05, 3.63) is 41.7 Å². The lowest BCUT2D eigenvalue weighted by Gasteiger charge is -2.12. The van der Waals surface area contributed by atoms with Crippen molar-refractivity contribution in [2.45, 2.75) is 20.1 Å². The molecule has 0 amide bonds. The van der Waals surface area contributed by atoms with Crippen molar-refractivity contribution in [1.29, 1.82) is 0 Å². The smallest absolute Gasteiger partial charge is 0.161 e. The van der Waals surface area contributed by atoms with E-state index < -0.39 is 0 Å². The van der Waals surface area contributed by atoms with Gasteiger partial charge in [-0.15, -0.1) is 0 Å². The number of aliphatic hydroxyl groups is 1. The summed E-state index contributed by atoms with van der Waals surface area (Å²) in [4.78, 5) is 0. The fourth-order valence-corrected chi connectivity index (χ4v) is 1.75. The van der Waals surface area contributed by atoms with E-state index in [4.69, 9.17) is 14.6 Å². The normalized spacial score (nSPS) is 10.5. The van der Waals surface area contributed by atoms with E-state index in [1.54, 1.807) is 16.9 Å². The van der Waals surface area contributed by atoms with Crippen molar-refractivity contribution in [1.82, 2.24) is 9.78 Å². The van der Waals surface area contributed by atoms with Crippen LogP contribution in [-0.4, -0.2) is 21.5 Å². The molecule has 1 heterocycles. The summed E-state index contributed by atoms with van der Waals surface area (Å²) >= 11 is 0. The van der Waals surface area contributed by atoms with Crippen molar-refractivity contribution in [3.63, 3.8) is 0 Å². The summed E-state index contributed by atoms with van der Waals surface area (Å²) in [6.45, 7) is 2.89. The molecule has 0 spiro atoms. The summed E-state index contributed by atoms with van der Waals surface area (Å²) in [6.07, 6.45) is 3.67. The summed E-state index contributed by atoms with van der Waals surface area (Å²) in [7, 11) is 1.87. The second kappa shape index (κ2) is 6.24. The van der Waals surface area contributed by atoms with Gasteiger partial charge in [-0.3, -0.25) is 4.68 Å². The quantitative estimate of drug-likeness (QED) is 0.863. The molecule has 2 aromatic rings. The third kappa shape index (κ3) is 3.48. The van der Waals surface area contributed by atoms with Gasteiger partial charge < -0.3 is 14.6 Å². The highest BCUT2D eigenvalue weighted by Crippen LogP contribution is 2.29. The van der Waals surface area contributed by atoms with Crippen LogP contribution < -0.4 is 9.47 Å². The predicted molar refractivity (Wildman–Crippen MR) is 71.1 cm³/mol. The van der Waals surface area contributed by atoms with Gasteiger partial charge in [-0.2, -0.15) is 5.10 Å². The maximum atomic E-state index is 9.12. The first kappa shape index (κ1) is 13.4. The van der Waals surface area contributed by atoms with Crippen LogP contribution in [-0.2, 0) is 20.3 Å². The van der Waals surface area contributed by atoms with Gasteiger partial charge in [-0.05, 0) is 24.6 Å². The van der Waals surface area contributed by atoms with E-state index in [2.05, 4.69) is 5.10 Å². The highest BCUT2D eigenvalue weighted by Gasteiger charge is 2.07. The van der Waals surface area contributed by atoms with Crippen LogP contribution in [0.25, 0.3) is 0 Å².